The third-order valence-electron chi connectivity index (χ3n) is 3.01. The Morgan fingerprint density at radius 2 is 2.00 bits per heavy atom. The van der Waals surface area contributed by atoms with Crippen LogP contribution in [0, 0.1) is 11.3 Å². The summed E-state index contributed by atoms with van der Waals surface area (Å²) in [7, 11) is 1.89. The van der Waals surface area contributed by atoms with Gasteiger partial charge in [-0.3, -0.25) is 0 Å². The van der Waals surface area contributed by atoms with Crippen molar-refractivity contribution in [2.24, 2.45) is 5.73 Å². The number of benzene rings is 1. The molecule has 2 aromatic rings. The fourth-order valence-corrected chi connectivity index (χ4v) is 2.02. The molecule has 1 aromatic carbocycles. The van der Waals surface area contributed by atoms with Crippen molar-refractivity contribution in [2.45, 2.75) is 13.0 Å². The Bertz CT molecular complexity index is 614. The van der Waals surface area contributed by atoms with Crippen molar-refractivity contribution in [3.8, 4) is 6.07 Å². The number of anilines is 2. The lowest BCUT2D eigenvalue weighted by molar-refractivity contribution is 0.807. The molecule has 0 spiro atoms. The molecular formula is C15H16N4. The van der Waals surface area contributed by atoms with Crippen LogP contribution in [0.5, 0.6) is 0 Å². The van der Waals surface area contributed by atoms with Crippen LogP contribution >= 0.6 is 0 Å². The van der Waals surface area contributed by atoms with Crippen LogP contribution in [0.15, 0.2) is 42.6 Å². The minimum Gasteiger partial charge on any atom is -0.328 e. The average Bonchev–Trinajstić information content (AvgIpc) is 2.46. The van der Waals surface area contributed by atoms with Gasteiger partial charge in [-0.05, 0) is 25.1 Å². The summed E-state index contributed by atoms with van der Waals surface area (Å²) in [5.41, 5.74) is 8.37. The van der Waals surface area contributed by atoms with E-state index in [2.05, 4.69) is 11.1 Å². The number of para-hydroxylation sites is 1. The molecule has 0 saturated heterocycles. The summed E-state index contributed by atoms with van der Waals surface area (Å²) in [5.74, 6) is 0.778. The molecular weight excluding hydrogens is 236 g/mol. The summed E-state index contributed by atoms with van der Waals surface area (Å²) >= 11 is 0. The van der Waals surface area contributed by atoms with Crippen molar-refractivity contribution in [1.82, 2.24) is 4.98 Å². The largest absolute Gasteiger partial charge is 0.328 e. The van der Waals surface area contributed by atoms with E-state index in [-0.39, 0.29) is 6.04 Å². The molecule has 2 N–H and O–H groups in total. The summed E-state index contributed by atoms with van der Waals surface area (Å²) in [6, 6.07) is 13.4. The SMILES string of the molecule is CC(N)c1cccnc1N(C)c1ccccc1C#N. The summed E-state index contributed by atoms with van der Waals surface area (Å²) in [5, 5.41) is 9.17. The molecule has 0 saturated carbocycles. The van der Waals surface area contributed by atoms with Crippen LogP contribution in [0.1, 0.15) is 24.1 Å². The van der Waals surface area contributed by atoms with E-state index in [4.69, 9.17) is 5.73 Å². The van der Waals surface area contributed by atoms with Gasteiger partial charge in [0.05, 0.1) is 11.3 Å². The Morgan fingerprint density at radius 1 is 1.26 bits per heavy atom. The Morgan fingerprint density at radius 3 is 2.68 bits per heavy atom. The maximum atomic E-state index is 9.17. The second kappa shape index (κ2) is 5.51. The summed E-state index contributed by atoms with van der Waals surface area (Å²) in [6.07, 6.45) is 1.73. The van der Waals surface area contributed by atoms with Gasteiger partial charge in [-0.1, -0.05) is 18.2 Å². The van der Waals surface area contributed by atoms with E-state index in [0.717, 1.165) is 17.1 Å². The van der Waals surface area contributed by atoms with Crippen LogP contribution in [0.4, 0.5) is 11.5 Å². The van der Waals surface area contributed by atoms with Crippen molar-refractivity contribution in [1.29, 1.82) is 5.26 Å². The first kappa shape index (κ1) is 13.1. The molecule has 0 amide bonds. The van der Waals surface area contributed by atoms with Crippen LogP contribution in [0.3, 0.4) is 0 Å². The second-order valence-corrected chi connectivity index (χ2v) is 4.39. The molecule has 0 bridgehead atoms. The number of aromatic nitrogens is 1. The first-order chi connectivity index (χ1) is 9.15. The summed E-state index contributed by atoms with van der Waals surface area (Å²) in [6.45, 7) is 1.92. The molecule has 0 radical (unpaired) electrons. The van der Waals surface area contributed by atoms with Crippen LogP contribution in [-0.2, 0) is 0 Å². The normalized spacial score (nSPS) is 11.7. The predicted octanol–water partition coefficient (Wildman–Crippen LogP) is 2.74. The van der Waals surface area contributed by atoms with E-state index in [0.29, 0.717) is 5.56 Å². The molecule has 1 atom stereocenters. The van der Waals surface area contributed by atoms with E-state index in [1.54, 1.807) is 12.3 Å². The lowest BCUT2D eigenvalue weighted by Gasteiger charge is -2.23. The third-order valence-corrected chi connectivity index (χ3v) is 3.01. The maximum absolute atomic E-state index is 9.17. The van der Waals surface area contributed by atoms with Gasteiger partial charge in [0.15, 0.2) is 0 Å². The Balaban J connectivity index is 2.51. The van der Waals surface area contributed by atoms with E-state index >= 15 is 0 Å². The van der Waals surface area contributed by atoms with Crippen molar-refractivity contribution < 1.29 is 0 Å². The highest BCUT2D eigenvalue weighted by Gasteiger charge is 2.15. The van der Waals surface area contributed by atoms with Gasteiger partial charge in [0, 0.05) is 24.8 Å². The first-order valence-electron chi connectivity index (χ1n) is 6.08. The van der Waals surface area contributed by atoms with Crippen LogP contribution in [0.25, 0.3) is 0 Å². The van der Waals surface area contributed by atoms with E-state index in [9.17, 15) is 5.26 Å². The smallest absolute Gasteiger partial charge is 0.137 e. The van der Waals surface area contributed by atoms with Gasteiger partial charge in [0.25, 0.3) is 0 Å². The number of hydrogen-bond donors (Lipinski definition) is 1. The van der Waals surface area contributed by atoms with Gasteiger partial charge < -0.3 is 10.6 Å². The lowest BCUT2D eigenvalue weighted by atomic mass is 10.1. The zero-order chi connectivity index (χ0) is 13.8. The molecule has 0 aliphatic rings. The molecule has 0 aliphatic carbocycles. The fourth-order valence-electron chi connectivity index (χ4n) is 2.02. The molecule has 96 valence electrons. The average molecular weight is 252 g/mol. The molecule has 4 nitrogen and oxygen atoms in total. The van der Waals surface area contributed by atoms with Crippen molar-refractivity contribution in [3.63, 3.8) is 0 Å². The predicted molar refractivity (Wildman–Crippen MR) is 76.1 cm³/mol. The molecule has 1 aromatic heterocycles. The number of nitriles is 1. The lowest BCUT2D eigenvalue weighted by Crippen LogP contribution is -2.17. The number of nitrogens with zero attached hydrogens (tertiary/aromatic N) is 3. The number of hydrogen-bond acceptors (Lipinski definition) is 4. The molecule has 1 unspecified atom stereocenters. The first-order valence-corrected chi connectivity index (χ1v) is 6.08. The minimum absolute atomic E-state index is 0.111. The Labute approximate surface area is 113 Å². The number of nitrogens with two attached hydrogens (primary N) is 1. The Hall–Kier alpha value is -2.38. The van der Waals surface area contributed by atoms with Gasteiger partial charge in [-0.25, -0.2) is 4.98 Å². The van der Waals surface area contributed by atoms with Crippen molar-refractivity contribution in [2.75, 3.05) is 11.9 Å². The summed E-state index contributed by atoms with van der Waals surface area (Å²) < 4.78 is 0. The number of pyridine rings is 1. The third kappa shape index (κ3) is 2.56. The molecule has 1 heterocycles. The van der Waals surface area contributed by atoms with E-state index in [1.165, 1.54) is 0 Å². The topological polar surface area (TPSA) is 65.9 Å². The highest BCUT2D eigenvalue weighted by molar-refractivity contribution is 5.68. The van der Waals surface area contributed by atoms with Crippen LogP contribution in [0.2, 0.25) is 0 Å². The number of rotatable bonds is 3. The zero-order valence-electron chi connectivity index (χ0n) is 11.0. The molecule has 19 heavy (non-hydrogen) atoms. The van der Waals surface area contributed by atoms with Crippen molar-refractivity contribution >= 4 is 11.5 Å². The standard InChI is InChI=1S/C15H16N4/c1-11(17)13-7-5-9-18-15(13)19(2)14-8-4-3-6-12(14)10-16/h3-9,11H,17H2,1-2H3. The van der Waals surface area contributed by atoms with Gasteiger partial charge in [0.2, 0.25) is 0 Å². The summed E-state index contributed by atoms with van der Waals surface area (Å²) in [4.78, 5) is 6.29. The van der Waals surface area contributed by atoms with Crippen LogP contribution < -0.4 is 10.6 Å². The zero-order valence-corrected chi connectivity index (χ0v) is 11.0. The Kier molecular flexibility index (Phi) is 3.79. The van der Waals surface area contributed by atoms with E-state index < -0.39 is 0 Å². The van der Waals surface area contributed by atoms with E-state index in [1.807, 2.05) is 49.2 Å². The monoisotopic (exact) mass is 252 g/mol. The quantitative estimate of drug-likeness (QED) is 0.912. The minimum atomic E-state index is -0.111. The molecule has 0 aliphatic heterocycles. The second-order valence-electron chi connectivity index (χ2n) is 4.39. The molecule has 2 rings (SSSR count). The van der Waals surface area contributed by atoms with Gasteiger partial charge >= 0.3 is 0 Å². The highest BCUT2D eigenvalue weighted by atomic mass is 15.2. The van der Waals surface area contributed by atoms with Gasteiger partial charge in [-0.15, -0.1) is 0 Å². The molecule has 0 fully saturated rings. The van der Waals surface area contributed by atoms with Gasteiger partial charge in [-0.2, -0.15) is 5.26 Å². The fraction of sp³-hybridized carbons (Fsp3) is 0.200. The van der Waals surface area contributed by atoms with Crippen LogP contribution in [-0.4, -0.2) is 12.0 Å². The molecule has 4 heteroatoms. The maximum Gasteiger partial charge on any atom is 0.137 e. The van der Waals surface area contributed by atoms with Gasteiger partial charge in [0.1, 0.15) is 11.9 Å². The van der Waals surface area contributed by atoms with Crippen molar-refractivity contribution in [3.05, 3.63) is 53.7 Å². The highest BCUT2D eigenvalue weighted by Crippen LogP contribution is 2.29.